The molecule has 1 aromatic rings. The first-order valence-corrected chi connectivity index (χ1v) is 8.51. The number of carbonyl (C=O) groups excluding carboxylic acids is 3. The number of carboxylic acid groups (broad SMARTS) is 1. The van der Waals surface area contributed by atoms with Gasteiger partial charge >= 0.3 is 5.97 Å². The molecule has 27 heavy (non-hydrogen) atoms. The van der Waals surface area contributed by atoms with Gasteiger partial charge in [-0.15, -0.1) is 0 Å². The quantitative estimate of drug-likeness (QED) is 0.621. The molecule has 1 heterocycles. The molecule has 1 aliphatic heterocycles. The van der Waals surface area contributed by atoms with E-state index in [1.807, 2.05) is 0 Å². The van der Waals surface area contributed by atoms with Crippen LogP contribution in [-0.2, 0) is 19.2 Å². The molecule has 3 amide bonds. The number of benzene rings is 1. The summed E-state index contributed by atoms with van der Waals surface area (Å²) in [5, 5.41) is 13.6. The van der Waals surface area contributed by atoms with Crippen LogP contribution in [0, 0.1) is 5.92 Å². The summed E-state index contributed by atoms with van der Waals surface area (Å²) in [6, 6.07) is 4.96. The van der Waals surface area contributed by atoms with E-state index in [0.717, 1.165) is 0 Å². The number of amides is 3. The Morgan fingerprint density at radius 2 is 1.78 bits per heavy atom. The number of nitrogens with one attached hydrogen (secondary N) is 2. The van der Waals surface area contributed by atoms with Crippen LogP contribution in [0.5, 0.6) is 5.75 Å². The van der Waals surface area contributed by atoms with E-state index in [9.17, 15) is 19.2 Å². The molecule has 9 heteroatoms. The average Bonchev–Trinajstić information content (AvgIpc) is 3.03. The summed E-state index contributed by atoms with van der Waals surface area (Å²) in [5.74, 6) is -2.31. The summed E-state index contributed by atoms with van der Waals surface area (Å²) in [6.07, 6.45) is 0.0394. The van der Waals surface area contributed by atoms with Crippen molar-refractivity contribution in [3.05, 3.63) is 24.3 Å². The van der Waals surface area contributed by atoms with E-state index in [1.54, 1.807) is 31.4 Å². The third-order valence-corrected chi connectivity index (χ3v) is 4.36. The van der Waals surface area contributed by atoms with Crippen LogP contribution in [0.2, 0.25) is 0 Å². The molecule has 9 nitrogen and oxygen atoms in total. The van der Waals surface area contributed by atoms with Gasteiger partial charge in [-0.1, -0.05) is 0 Å². The summed E-state index contributed by atoms with van der Waals surface area (Å²) < 4.78 is 5.08. The van der Waals surface area contributed by atoms with Crippen LogP contribution in [-0.4, -0.2) is 54.5 Å². The summed E-state index contributed by atoms with van der Waals surface area (Å²) in [6.45, 7) is 2.99. The van der Waals surface area contributed by atoms with Crippen LogP contribution in [0.15, 0.2) is 24.3 Å². The molecule has 0 aliphatic carbocycles. The minimum atomic E-state index is -1.17. The predicted octanol–water partition coefficient (Wildman–Crippen LogP) is 0.142. The van der Waals surface area contributed by atoms with Gasteiger partial charge in [-0.3, -0.25) is 19.2 Å². The Morgan fingerprint density at radius 1 is 1.15 bits per heavy atom. The normalized spacial score (nSPS) is 18.6. The van der Waals surface area contributed by atoms with Crippen molar-refractivity contribution in [1.29, 1.82) is 0 Å². The zero-order valence-corrected chi connectivity index (χ0v) is 15.4. The molecular formula is C18H23N3O6. The molecule has 3 atom stereocenters. The lowest BCUT2D eigenvalue weighted by Gasteiger charge is -2.19. The largest absolute Gasteiger partial charge is 0.497 e. The van der Waals surface area contributed by atoms with Gasteiger partial charge in [0.25, 0.3) is 0 Å². The van der Waals surface area contributed by atoms with Crippen molar-refractivity contribution in [2.75, 3.05) is 18.6 Å². The zero-order valence-electron chi connectivity index (χ0n) is 15.4. The number of ether oxygens (including phenoxy) is 1. The number of carbonyl (C=O) groups is 4. The van der Waals surface area contributed by atoms with Crippen molar-refractivity contribution >= 4 is 29.4 Å². The lowest BCUT2D eigenvalue weighted by Crippen LogP contribution is -2.50. The Labute approximate surface area is 156 Å². The fourth-order valence-electron chi connectivity index (χ4n) is 2.69. The van der Waals surface area contributed by atoms with Gasteiger partial charge in [-0.2, -0.15) is 0 Å². The fraction of sp³-hybridized carbons (Fsp3) is 0.444. The second kappa shape index (κ2) is 8.52. The number of nitrogens with zero attached hydrogens (tertiary/aromatic N) is 1. The fourth-order valence-corrected chi connectivity index (χ4v) is 2.69. The maximum atomic E-state index is 12.4. The van der Waals surface area contributed by atoms with E-state index in [1.165, 1.54) is 18.7 Å². The van der Waals surface area contributed by atoms with Gasteiger partial charge in [0.2, 0.25) is 17.7 Å². The van der Waals surface area contributed by atoms with Gasteiger partial charge in [0, 0.05) is 18.7 Å². The molecule has 0 saturated carbocycles. The Balaban J connectivity index is 1.94. The summed E-state index contributed by atoms with van der Waals surface area (Å²) in [7, 11) is 1.55. The van der Waals surface area contributed by atoms with Gasteiger partial charge in [0.05, 0.1) is 13.0 Å². The van der Waals surface area contributed by atoms with Crippen molar-refractivity contribution in [1.82, 2.24) is 10.6 Å². The SMILES string of the molecule is COc1ccc(N2C[C@@H](C(=O)N[C@@H](C)C(=O)N[C@@H](C)C(=O)O)CC2=O)cc1. The van der Waals surface area contributed by atoms with Gasteiger partial charge in [-0.05, 0) is 38.1 Å². The molecule has 1 aromatic carbocycles. The molecule has 0 spiro atoms. The van der Waals surface area contributed by atoms with E-state index in [0.29, 0.717) is 11.4 Å². The molecule has 0 aromatic heterocycles. The van der Waals surface area contributed by atoms with Crippen LogP contribution >= 0.6 is 0 Å². The molecule has 146 valence electrons. The maximum Gasteiger partial charge on any atom is 0.325 e. The number of aliphatic carboxylic acids is 1. The van der Waals surface area contributed by atoms with Crippen LogP contribution in [0.1, 0.15) is 20.3 Å². The van der Waals surface area contributed by atoms with Crippen molar-refractivity contribution in [3.8, 4) is 5.75 Å². The lowest BCUT2D eigenvalue weighted by molar-refractivity contribution is -0.141. The number of hydrogen-bond donors (Lipinski definition) is 3. The summed E-state index contributed by atoms with van der Waals surface area (Å²) in [5.41, 5.74) is 0.664. The molecule has 1 saturated heterocycles. The minimum Gasteiger partial charge on any atom is -0.497 e. The standard InChI is InChI=1S/C18H23N3O6/c1-10(16(23)20-11(2)18(25)26)19-17(24)12-8-15(22)21(9-12)13-4-6-14(27-3)7-5-13/h4-7,10-12H,8-9H2,1-3H3,(H,19,24)(H,20,23)(H,25,26)/t10-,11-,12-/m0/s1. The Morgan fingerprint density at radius 3 is 2.33 bits per heavy atom. The molecule has 1 fully saturated rings. The molecular weight excluding hydrogens is 354 g/mol. The second-order valence-electron chi connectivity index (χ2n) is 6.40. The number of hydrogen-bond acceptors (Lipinski definition) is 5. The lowest BCUT2D eigenvalue weighted by atomic mass is 10.1. The highest BCUT2D eigenvalue weighted by molar-refractivity contribution is 6.01. The topological polar surface area (TPSA) is 125 Å². The second-order valence-corrected chi connectivity index (χ2v) is 6.40. The Bertz CT molecular complexity index is 733. The van der Waals surface area contributed by atoms with E-state index >= 15 is 0 Å². The molecule has 0 unspecified atom stereocenters. The van der Waals surface area contributed by atoms with Crippen molar-refractivity contribution in [2.45, 2.75) is 32.4 Å². The number of methoxy groups -OCH3 is 1. The first-order valence-electron chi connectivity index (χ1n) is 8.51. The van der Waals surface area contributed by atoms with Crippen molar-refractivity contribution < 1.29 is 29.0 Å². The van der Waals surface area contributed by atoms with E-state index in [2.05, 4.69) is 10.6 Å². The van der Waals surface area contributed by atoms with Crippen LogP contribution in [0.4, 0.5) is 5.69 Å². The molecule has 1 aliphatic rings. The van der Waals surface area contributed by atoms with Crippen LogP contribution in [0.3, 0.4) is 0 Å². The summed E-state index contributed by atoms with van der Waals surface area (Å²) in [4.78, 5) is 48.9. The minimum absolute atomic E-state index is 0.0394. The third-order valence-electron chi connectivity index (χ3n) is 4.36. The van der Waals surface area contributed by atoms with Crippen molar-refractivity contribution in [2.24, 2.45) is 5.92 Å². The van der Waals surface area contributed by atoms with Crippen LogP contribution in [0.25, 0.3) is 0 Å². The average molecular weight is 377 g/mol. The molecule has 3 N–H and O–H groups in total. The number of anilines is 1. The third kappa shape index (κ3) is 4.96. The predicted molar refractivity (Wildman–Crippen MR) is 96.3 cm³/mol. The van der Waals surface area contributed by atoms with E-state index < -0.39 is 35.8 Å². The first-order chi connectivity index (χ1) is 12.7. The smallest absolute Gasteiger partial charge is 0.325 e. The molecule has 0 radical (unpaired) electrons. The van der Waals surface area contributed by atoms with Gasteiger partial charge in [0.15, 0.2) is 0 Å². The first kappa shape index (κ1) is 20.2. The van der Waals surface area contributed by atoms with Crippen molar-refractivity contribution in [3.63, 3.8) is 0 Å². The van der Waals surface area contributed by atoms with Crippen LogP contribution < -0.4 is 20.3 Å². The van der Waals surface area contributed by atoms with Gasteiger partial charge < -0.3 is 25.4 Å². The Hall–Kier alpha value is -3.10. The summed E-state index contributed by atoms with van der Waals surface area (Å²) >= 11 is 0. The highest BCUT2D eigenvalue weighted by Crippen LogP contribution is 2.26. The Kier molecular flexibility index (Phi) is 6.38. The van der Waals surface area contributed by atoms with E-state index in [4.69, 9.17) is 9.84 Å². The number of rotatable bonds is 7. The highest BCUT2D eigenvalue weighted by atomic mass is 16.5. The number of carboxylic acids is 1. The van der Waals surface area contributed by atoms with Gasteiger partial charge in [0.1, 0.15) is 17.8 Å². The maximum absolute atomic E-state index is 12.4. The highest BCUT2D eigenvalue weighted by Gasteiger charge is 2.36. The molecule has 2 rings (SSSR count). The molecule has 0 bridgehead atoms. The zero-order chi connectivity index (χ0) is 20.1. The van der Waals surface area contributed by atoms with E-state index in [-0.39, 0.29) is 18.9 Å². The monoisotopic (exact) mass is 377 g/mol. The van der Waals surface area contributed by atoms with Gasteiger partial charge in [-0.25, -0.2) is 0 Å².